The number of nitrogens with zero attached hydrogens (tertiary/aromatic N) is 2. The van der Waals surface area contributed by atoms with Crippen LogP contribution >= 0.6 is 0 Å². The normalized spacial score (nSPS) is 17.8. The number of furan rings is 1. The molecule has 0 saturated heterocycles. The van der Waals surface area contributed by atoms with Crippen molar-refractivity contribution in [1.29, 1.82) is 0 Å². The molecule has 1 aromatic carbocycles. The third-order valence-corrected chi connectivity index (χ3v) is 5.02. The molecule has 28 heavy (non-hydrogen) atoms. The van der Waals surface area contributed by atoms with Crippen LogP contribution in [0.4, 0.5) is 0 Å². The number of hydrogen-bond acceptors (Lipinski definition) is 4. The van der Waals surface area contributed by atoms with Gasteiger partial charge in [-0.3, -0.25) is 0 Å². The van der Waals surface area contributed by atoms with Crippen LogP contribution < -0.4 is 5.32 Å². The molecule has 2 aromatic rings. The first-order chi connectivity index (χ1) is 13.6. The van der Waals surface area contributed by atoms with Gasteiger partial charge in [0, 0.05) is 17.4 Å². The molecule has 0 amide bonds. The van der Waals surface area contributed by atoms with E-state index < -0.39 is 0 Å². The fraction of sp³-hybridized carbons (Fsp3) is 0.417. The van der Waals surface area contributed by atoms with Crippen molar-refractivity contribution in [2.45, 2.75) is 66.5 Å². The number of fused-ring (bicyclic) bond motifs is 1. The Hall–Kier alpha value is -2.62. The molecule has 2 heterocycles. The minimum atomic E-state index is 0.00479. The summed E-state index contributed by atoms with van der Waals surface area (Å²) in [6.45, 7) is 10.6. The first-order valence-corrected chi connectivity index (χ1v) is 10.3. The lowest BCUT2D eigenvalue weighted by molar-refractivity contribution is 0.597. The summed E-state index contributed by atoms with van der Waals surface area (Å²) in [7, 11) is 0. The summed E-state index contributed by atoms with van der Waals surface area (Å²) in [6.07, 6.45) is 10.4. The quantitative estimate of drug-likeness (QED) is 0.579. The maximum atomic E-state index is 6.25. The Morgan fingerprint density at radius 2 is 2.11 bits per heavy atom. The van der Waals surface area contributed by atoms with E-state index in [4.69, 9.17) is 9.41 Å². The number of hydrogen-bond donors (Lipinski definition) is 1. The lowest BCUT2D eigenvalue weighted by Gasteiger charge is -2.20. The molecule has 4 heteroatoms. The maximum absolute atomic E-state index is 6.25. The van der Waals surface area contributed by atoms with Crippen LogP contribution in [0.2, 0.25) is 0 Å². The number of amidine groups is 2. The molecule has 0 saturated carbocycles. The van der Waals surface area contributed by atoms with Crippen LogP contribution in [-0.2, 0) is 6.42 Å². The smallest absolute Gasteiger partial charge is 0.162 e. The summed E-state index contributed by atoms with van der Waals surface area (Å²) in [5.41, 5.74) is 4.49. The fourth-order valence-electron chi connectivity index (χ4n) is 3.71. The van der Waals surface area contributed by atoms with Gasteiger partial charge in [0.2, 0.25) is 0 Å². The fourth-order valence-corrected chi connectivity index (χ4v) is 3.71. The minimum absolute atomic E-state index is 0.00479. The number of aryl methyl sites for hydroxylation is 1. The van der Waals surface area contributed by atoms with Gasteiger partial charge in [0.1, 0.15) is 23.3 Å². The van der Waals surface area contributed by atoms with Gasteiger partial charge in [-0.25, -0.2) is 9.98 Å². The Morgan fingerprint density at radius 3 is 2.82 bits per heavy atom. The van der Waals surface area contributed by atoms with Gasteiger partial charge in [0.15, 0.2) is 5.84 Å². The van der Waals surface area contributed by atoms with E-state index in [1.165, 1.54) is 17.6 Å². The van der Waals surface area contributed by atoms with Crippen molar-refractivity contribution in [3.63, 3.8) is 0 Å². The third kappa shape index (κ3) is 4.27. The van der Waals surface area contributed by atoms with Crippen molar-refractivity contribution in [2.75, 3.05) is 0 Å². The Kier molecular flexibility index (Phi) is 6.50. The summed E-state index contributed by atoms with van der Waals surface area (Å²) in [4.78, 5) is 9.57. The highest BCUT2D eigenvalue weighted by atomic mass is 16.3. The average molecular weight is 378 g/mol. The zero-order valence-electron chi connectivity index (χ0n) is 17.7. The second kappa shape index (κ2) is 9.05. The maximum Gasteiger partial charge on any atom is 0.162 e. The Bertz CT molecular complexity index is 960. The van der Waals surface area contributed by atoms with Crippen LogP contribution in [0.5, 0.6) is 0 Å². The van der Waals surface area contributed by atoms with Crippen LogP contribution in [0.1, 0.15) is 70.8 Å². The first-order valence-electron chi connectivity index (χ1n) is 10.3. The van der Waals surface area contributed by atoms with Crippen LogP contribution in [0.15, 0.2) is 50.3 Å². The average Bonchev–Trinajstić information content (AvgIpc) is 3.03. The molecular formula is C24H31N3O. The molecular weight excluding hydrogens is 346 g/mol. The van der Waals surface area contributed by atoms with E-state index in [1.54, 1.807) is 0 Å². The first kappa shape index (κ1) is 20.1. The molecule has 0 spiro atoms. The lowest BCUT2D eigenvalue weighted by atomic mass is 10.0. The predicted octanol–water partition coefficient (Wildman–Crippen LogP) is 6.26. The van der Waals surface area contributed by atoms with Gasteiger partial charge in [0.05, 0.1) is 5.56 Å². The molecule has 0 fully saturated rings. The minimum Gasteiger partial charge on any atom is -0.456 e. The highest BCUT2D eigenvalue weighted by Gasteiger charge is 2.20. The van der Waals surface area contributed by atoms with E-state index in [-0.39, 0.29) is 6.17 Å². The third-order valence-electron chi connectivity index (χ3n) is 5.02. The van der Waals surface area contributed by atoms with Gasteiger partial charge in [-0.2, -0.15) is 0 Å². The van der Waals surface area contributed by atoms with Gasteiger partial charge in [-0.05, 0) is 45.8 Å². The Balaban J connectivity index is 2.01. The van der Waals surface area contributed by atoms with Gasteiger partial charge in [-0.15, -0.1) is 0 Å². The standard InChI is InChI=1S/C24H31N3O/c1-6-10-16(4)14-15-22-25-17(5)26-24(27-22)20-13-9-12-19-18(8-3)21(11-7-2)28-23(19)20/h7,9,11-14,22H,6,8,10,15H2,1-5H3,(H,25,26,27)/b11-7-,16-14+/t22-/m0/s1. The lowest BCUT2D eigenvalue weighted by Crippen LogP contribution is -2.36. The van der Waals surface area contributed by atoms with Gasteiger partial charge in [0.25, 0.3) is 0 Å². The van der Waals surface area contributed by atoms with E-state index in [1.807, 2.05) is 26.0 Å². The summed E-state index contributed by atoms with van der Waals surface area (Å²) in [6, 6.07) is 6.25. The molecule has 3 rings (SSSR count). The molecule has 1 N–H and O–H groups in total. The molecule has 148 valence electrons. The van der Waals surface area contributed by atoms with E-state index in [9.17, 15) is 0 Å². The summed E-state index contributed by atoms with van der Waals surface area (Å²) >= 11 is 0. The zero-order chi connectivity index (χ0) is 20.1. The van der Waals surface area contributed by atoms with Gasteiger partial charge in [-0.1, -0.05) is 50.1 Å². The van der Waals surface area contributed by atoms with E-state index >= 15 is 0 Å². The van der Waals surface area contributed by atoms with Crippen LogP contribution in [0.3, 0.4) is 0 Å². The van der Waals surface area contributed by atoms with Crippen molar-refractivity contribution in [3.05, 3.63) is 52.8 Å². The molecule has 0 radical (unpaired) electrons. The second-order valence-electron chi connectivity index (χ2n) is 7.33. The Morgan fingerprint density at radius 1 is 1.29 bits per heavy atom. The Labute approximate surface area is 168 Å². The van der Waals surface area contributed by atoms with Gasteiger partial charge >= 0.3 is 0 Å². The van der Waals surface area contributed by atoms with Crippen molar-refractivity contribution >= 4 is 28.7 Å². The summed E-state index contributed by atoms with van der Waals surface area (Å²) in [5, 5.41) is 4.54. The van der Waals surface area contributed by atoms with Crippen molar-refractivity contribution in [2.24, 2.45) is 9.98 Å². The van der Waals surface area contributed by atoms with Crippen LogP contribution in [0, 0.1) is 0 Å². The SMILES string of the molecule is C/C=C\c1oc2c(C3=N[C@@H](C/C=C(\C)CCC)NC(C)=N3)cccc2c1CC. The topological polar surface area (TPSA) is 49.9 Å². The molecule has 0 bridgehead atoms. The number of allylic oxidation sites excluding steroid dienone is 2. The zero-order valence-corrected chi connectivity index (χ0v) is 17.7. The van der Waals surface area contributed by atoms with E-state index in [2.05, 4.69) is 55.4 Å². The predicted molar refractivity (Wildman–Crippen MR) is 120 cm³/mol. The van der Waals surface area contributed by atoms with Crippen LogP contribution in [-0.4, -0.2) is 17.8 Å². The molecule has 1 atom stereocenters. The highest BCUT2D eigenvalue weighted by molar-refractivity contribution is 6.13. The van der Waals surface area contributed by atoms with Crippen molar-refractivity contribution in [1.82, 2.24) is 5.32 Å². The molecule has 0 unspecified atom stereocenters. The largest absolute Gasteiger partial charge is 0.456 e. The molecule has 1 aliphatic rings. The monoisotopic (exact) mass is 377 g/mol. The van der Waals surface area contributed by atoms with Gasteiger partial charge < -0.3 is 9.73 Å². The molecule has 0 aliphatic carbocycles. The molecule has 1 aliphatic heterocycles. The number of para-hydroxylation sites is 1. The van der Waals surface area contributed by atoms with E-state index in [0.717, 1.165) is 53.2 Å². The summed E-state index contributed by atoms with van der Waals surface area (Å²) in [5.74, 6) is 2.57. The van der Waals surface area contributed by atoms with Crippen molar-refractivity contribution < 1.29 is 4.42 Å². The highest BCUT2D eigenvalue weighted by Crippen LogP contribution is 2.31. The van der Waals surface area contributed by atoms with Crippen molar-refractivity contribution in [3.8, 4) is 0 Å². The number of rotatable bonds is 7. The molecule has 4 nitrogen and oxygen atoms in total. The molecule has 1 aromatic heterocycles. The number of aliphatic imine (C=N–C) groups is 2. The number of benzene rings is 1. The summed E-state index contributed by atoms with van der Waals surface area (Å²) < 4.78 is 6.25. The van der Waals surface area contributed by atoms with Crippen LogP contribution in [0.25, 0.3) is 17.0 Å². The number of nitrogens with one attached hydrogen (secondary N) is 1. The van der Waals surface area contributed by atoms with E-state index in [0.29, 0.717) is 0 Å². The second-order valence-corrected chi connectivity index (χ2v) is 7.33.